The summed E-state index contributed by atoms with van der Waals surface area (Å²) in [4.78, 5) is 0. The molecular weight excluding hydrogens is 228 g/mol. The number of aromatic nitrogens is 1. The normalized spacial score (nSPS) is 16.7. The first kappa shape index (κ1) is 11.3. The number of benzene rings is 1. The molecule has 1 fully saturated rings. The SMILES string of the molecule is COCC1(c2ccccc2-c2cc(N)no2)CC1. The molecule has 4 nitrogen and oxygen atoms in total. The highest BCUT2D eigenvalue weighted by Gasteiger charge is 2.45. The van der Waals surface area contributed by atoms with Gasteiger partial charge in [-0.3, -0.25) is 0 Å². The van der Waals surface area contributed by atoms with E-state index in [2.05, 4.69) is 11.2 Å². The Morgan fingerprint density at radius 1 is 1.39 bits per heavy atom. The van der Waals surface area contributed by atoms with Gasteiger partial charge in [0, 0.05) is 24.2 Å². The highest BCUT2D eigenvalue weighted by molar-refractivity contribution is 5.66. The lowest BCUT2D eigenvalue weighted by Crippen LogP contribution is -2.15. The molecule has 1 heterocycles. The zero-order valence-electron chi connectivity index (χ0n) is 10.3. The van der Waals surface area contributed by atoms with Crippen molar-refractivity contribution in [2.45, 2.75) is 18.3 Å². The van der Waals surface area contributed by atoms with Crippen LogP contribution in [0.1, 0.15) is 18.4 Å². The second-order valence-electron chi connectivity index (χ2n) is 4.87. The third-order valence-electron chi connectivity index (χ3n) is 3.57. The lowest BCUT2D eigenvalue weighted by molar-refractivity contribution is 0.171. The van der Waals surface area contributed by atoms with E-state index in [1.54, 1.807) is 13.2 Å². The van der Waals surface area contributed by atoms with Crippen LogP contribution in [0.4, 0.5) is 5.82 Å². The Hall–Kier alpha value is -1.81. The number of hydrogen-bond donors (Lipinski definition) is 1. The van der Waals surface area contributed by atoms with Gasteiger partial charge in [0.15, 0.2) is 11.6 Å². The smallest absolute Gasteiger partial charge is 0.169 e. The zero-order chi connectivity index (χ0) is 12.6. The summed E-state index contributed by atoms with van der Waals surface area (Å²) in [5.41, 5.74) is 8.10. The van der Waals surface area contributed by atoms with Crippen molar-refractivity contribution in [3.63, 3.8) is 0 Å². The van der Waals surface area contributed by atoms with Crippen molar-refractivity contribution in [2.24, 2.45) is 0 Å². The van der Waals surface area contributed by atoms with Gasteiger partial charge in [0.2, 0.25) is 0 Å². The second kappa shape index (κ2) is 4.14. The number of nitrogens with two attached hydrogens (primary N) is 1. The molecule has 94 valence electrons. The maximum atomic E-state index is 5.62. The summed E-state index contributed by atoms with van der Waals surface area (Å²) in [7, 11) is 1.75. The predicted octanol–water partition coefficient (Wildman–Crippen LogP) is 2.60. The number of methoxy groups -OCH3 is 1. The highest BCUT2D eigenvalue weighted by Crippen LogP contribution is 2.51. The zero-order valence-corrected chi connectivity index (χ0v) is 10.3. The summed E-state index contributed by atoms with van der Waals surface area (Å²) < 4.78 is 10.6. The number of nitrogens with zero attached hydrogens (tertiary/aromatic N) is 1. The van der Waals surface area contributed by atoms with Crippen LogP contribution in [-0.4, -0.2) is 18.9 Å². The van der Waals surface area contributed by atoms with Crippen molar-refractivity contribution in [1.29, 1.82) is 0 Å². The van der Waals surface area contributed by atoms with Crippen LogP contribution in [0, 0.1) is 0 Å². The summed E-state index contributed by atoms with van der Waals surface area (Å²) in [5.74, 6) is 1.14. The number of rotatable bonds is 4. The summed E-state index contributed by atoms with van der Waals surface area (Å²) in [6, 6.07) is 10.0. The topological polar surface area (TPSA) is 61.3 Å². The van der Waals surface area contributed by atoms with E-state index in [0.717, 1.165) is 30.8 Å². The minimum Gasteiger partial charge on any atom is -0.384 e. The lowest BCUT2D eigenvalue weighted by Gasteiger charge is -2.17. The minimum atomic E-state index is 0.146. The summed E-state index contributed by atoms with van der Waals surface area (Å²) >= 11 is 0. The monoisotopic (exact) mass is 244 g/mol. The molecule has 0 aliphatic heterocycles. The molecule has 1 aliphatic rings. The van der Waals surface area contributed by atoms with Gasteiger partial charge in [-0.1, -0.05) is 29.4 Å². The third-order valence-corrected chi connectivity index (χ3v) is 3.57. The number of ether oxygens (including phenoxy) is 1. The van der Waals surface area contributed by atoms with Gasteiger partial charge in [0.25, 0.3) is 0 Å². The fourth-order valence-corrected chi connectivity index (χ4v) is 2.49. The van der Waals surface area contributed by atoms with E-state index in [4.69, 9.17) is 15.0 Å². The van der Waals surface area contributed by atoms with Crippen LogP contribution in [0.5, 0.6) is 0 Å². The van der Waals surface area contributed by atoms with Gasteiger partial charge in [-0.25, -0.2) is 0 Å². The molecule has 0 unspecified atom stereocenters. The van der Waals surface area contributed by atoms with Gasteiger partial charge in [0.05, 0.1) is 6.61 Å². The fourth-order valence-electron chi connectivity index (χ4n) is 2.49. The first-order chi connectivity index (χ1) is 8.75. The Kier molecular flexibility index (Phi) is 2.59. The molecule has 0 radical (unpaired) electrons. The van der Waals surface area contributed by atoms with Gasteiger partial charge in [0.1, 0.15) is 0 Å². The molecule has 0 spiro atoms. The van der Waals surface area contributed by atoms with Gasteiger partial charge < -0.3 is 15.0 Å². The van der Waals surface area contributed by atoms with Crippen LogP contribution in [0.2, 0.25) is 0 Å². The van der Waals surface area contributed by atoms with E-state index in [1.165, 1.54) is 5.56 Å². The van der Waals surface area contributed by atoms with Gasteiger partial charge in [-0.05, 0) is 18.4 Å². The van der Waals surface area contributed by atoms with Crippen LogP contribution >= 0.6 is 0 Å². The van der Waals surface area contributed by atoms with E-state index in [0.29, 0.717) is 5.82 Å². The standard InChI is InChI=1S/C14H16N2O2/c1-17-9-14(6-7-14)11-5-3-2-4-10(11)12-8-13(15)16-18-12/h2-5,8H,6-7,9H2,1H3,(H2,15,16). The molecule has 1 saturated carbocycles. The molecule has 0 amide bonds. The third kappa shape index (κ3) is 1.78. The Labute approximate surface area is 106 Å². The Balaban J connectivity index is 2.06. The van der Waals surface area contributed by atoms with E-state index >= 15 is 0 Å². The average Bonchev–Trinajstić information content (AvgIpc) is 3.04. The molecular formula is C14H16N2O2. The lowest BCUT2D eigenvalue weighted by atomic mass is 9.91. The van der Waals surface area contributed by atoms with Crippen molar-refractivity contribution in [3.05, 3.63) is 35.9 Å². The van der Waals surface area contributed by atoms with E-state index in [-0.39, 0.29) is 5.41 Å². The van der Waals surface area contributed by atoms with Crippen molar-refractivity contribution in [3.8, 4) is 11.3 Å². The van der Waals surface area contributed by atoms with Crippen molar-refractivity contribution in [1.82, 2.24) is 5.16 Å². The van der Waals surface area contributed by atoms with Crippen LogP contribution in [0.15, 0.2) is 34.9 Å². The molecule has 0 atom stereocenters. The number of anilines is 1. The molecule has 0 saturated heterocycles. The quantitative estimate of drug-likeness (QED) is 0.898. The molecule has 18 heavy (non-hydrogen) atoms. The van der Waals surface area contributed by atoms with Gasteiger partial charge >= 0.3 is 0 Å². The first-order valence-corrected chi connectivity index (χ1v) is 6.06. The average molecular weight is 244 g/mol. The largest absolute Gasteiger partial charge is 0.384 e. The van der Waals surface area contributed by atoms with Crippen molar-refractivity contribution in [2.75, 3.05) is 19.5 Å². The molecule has 4 heteroatoms. The summed E-state index contributed by atoms with van der Waals surface area (Å²) in [6.07, 6.45) is 2.31. The maximum absolute atomic E-state index is 5.62. The van der Waals surface area contributed by atoms with E-state index < -0.39 is 0 Å². The maximum Gasteiger partial charge on any atom is 0.169 e. The molecule has 1 aromatic heterocycles. The van der Waals surface area contributed by atoms with Gasteiger partial charge in [-0.15, -0.1) is 0 Å². The number of hydrogen-bond acceptors (Lipinski definition) is 4. The van der Waals surface area contributed by atoms with Crippen LogP contribution in [-0.2, 0) is 10.2 Å². The molecule has 2 N–H and O–H groups in total. The Morgan fingerprint density at radius 3 is 2.78 bits per heavy atom. The van der Waals surface area contributed by atoms with Gasteiger partial charge in [-0.2, -0.15) is 0 Å². The second-order valence-corrected chi connectivity index (χ2v) is 4.87. The highest BCUT2D eigenvalue weighted by atomic mass is 16.5. The van der Waals surface area contributed by atoms with Crippen LogP contribution in [0.25, 0.3) is 11.3 Å². The minimum absolute atomic E-state index is 0.146. The fraction of sp³-hybridized carbons (Fsp3) is 0.357. The number of nitrogen functional groups attached to an aromatic ring is 1. The molecule has 2 aromatic rings. The molecule has 0 bridgehead atoms. The van der Waals surface area contributed by atoms with Crippen molar-refractivity contribution < 1.29 is 9.26 Å². The van der Waals surface area contributed by atoms with Crippen LogP contribution < -0.4 is 5.73 Å². The molecule has 1 aromatic carbocycles. The first-order valence-electron chi connectivity index (χ1n) is 6.06. The molecule has 1 aliphatic carbocycles. The Bertz CT molecular complexity index is 558. The predicted molar refractivity (Wildman–Crippen MR) is 69.1 cm³/mol. The summed E-state index contributed by atoms with van der Waals surface area (Å²) in [5, 5.41) is 3.75. The van der Waals surface area contributed by atoms with Crippen molar-refractivity contribution >= 4 is 5.82 Å². The Morgan fingerprint density at radius 2 is 2.17 bits per heavy atom. The molecule has 3 rings (SSSR count). The van der Waals surface area contributed by atoms with Crippen LogP contribution in [0.3, 0.4) is 0 Å². The van der Waals surface area contributed by atoms with E-state index in [9.17, 15) is 0 Å². The van der Waals surface area contributed by atoms with E-state index in [1.807, 2.05) is 18.2 Å². The summed E-state index contributed by atoms with van der Waals surface area (Å²) in [6.45, 7) is 0.744.